The minimum atomic E-state index is -4.63. The van der Waals surface area contributed by atoms with E-state index in [2.05, 4.69) is 4.72 Å². The molecule has 0 atom stereocenters. The molecule has 0 unspecified atom stereocenters. The Morgan fingerprint density at radius 3 is 2.21 bits per heavy atom. The molecule has 1 N–H and O–H groups in total. The molecule has 1 aliphatic heterocycles. The third-order valence-corrected chi connectivity index (χ3v) is 6.54. The maximum absolute atomic E-state index is 12.7. The number of nitrogens with zero attached hydrogens (tertiary/aromatic N) is 1. The maximum atomic E-state index is 12.7. The SMILES string of the molecule is CS(=O)(=O)N1CCC(NS(=O)(=O)c2cccc(C(F)(F)F)c2)CC1. The molecule has 0 radical (unpaired) electrons. The highest BCUT2D eigenvalue weighted by Crippen LogP contribution is 2.30. The van der Waals surface area contributed by atoms with Gasteiger partial charge in [-0.25, -0.2) is 25.9 Å². The van der Waals surface area contributed by atoms with Crippen LogP contribution >= 0.6 is 0 Å². The summed E-state index contributed by atoms with van der Waals surface area (Å²) in [6.07, 6.45) is -3.05. The van der Waals surface area contributed by atoms with Gasteiger partial charge in [0.1, 0.15) is 0 Å². The molecule has 24 heavy (non-hydrogen) atoms. The molecule has 2 rings (SSSR count). The zero-order valence-corrected chi connectivity index (χ0v) is 14.4. The van der Waals surface area contributed by atoms with Gasteiger partial charge in [0.15, 0.2) is 0 Å². The van der Waals surface area contributed by atoms with E-state index in [-0.39, 0.29) is 25.9 Å². The Balaban J connectivity index is 2.10. The van der Waals surface area contributed by atoms with Gasteiger partial charge in [-0.05, 0) is 31.0 Å². The van der Waals surface area contributed by atoms with Crippen molar-refractivity contribution in [1.29, 1.82) is 0 Å². The summed E-state index contributed by atoms with van der Waals surface area (Å²) in [7, 11) is -7.45. The number of halogens is 3. The van der Waals surface area contributed by atoms with Gasteiger partial charge in [0.25, 0.3) is 0 Å². The molecule has 6 nitrogen and oxygen atoms in total. The second-order valence-corrected chi connectivity index (χ2v) is 9.28. The lowest BCUT2D eigenvalue weighted by Crippen LogP contribution is -2.46. The van der Waals surface area contributed by atoms with Crippen LogP contribution in [0.25, 0.3) is 0 Å². The Labute approximate surface area is 138 Å². The van der Waals surface area contributed by atoms with E-state index in [1.807, 2.05) is 0 Å². The van der Waals surface area contributed by atoms with Gasteiger partial charge in [0, 0.05) is 19.1 Å². The van der Waals surface area contributed by atoms with E-state index < -0.39 is 42.7 Å². The Morgan fingerprint density at radius 2 is 1.71 bits per heavy atom. The van der Waals surface area contributed by atoms with Crippen LogP contribution in [0.4, 0.5) is 13.2 Å². The standard InChI is InChI=1S/C13H17F3N2O4S2/c1-23(19,20)18-7-5-11(6-8-18)17-24(21,22)12-4-2-3-10(9-12)13(14,15)16/h2-4,9,11,17H,5-8H2,1H3. The van der Waals surface area contributed by atoms with Gasteiger partial charge < -0.3 is 0 Å². The Hall–Kier alpha value is -1.17. The van der Waals surface area contributed by atoms with Gasteiger partial charge in [-0.3, -0.25) is 0 Å². The van der Waals surface area contributed by atoms with Gasteiger partial charge in [0.2, 0.25) is 20.0 Å². The molecule has 0 saturated carbocycles. The number of sulfonamides is 2. The summed E-state index contributed by atoms with van der Waals surface area (Å²) in [5, 5.41) is 0. The summed E-state index contributed by atoms with van der Waals surface area (Å²) >= 11 is 0. The second kappa shape index (κ2) is 6.62. The Bertz CT molecular complexity index is 799. The average molecular weight is 386 g/mol. The van der Waals surface area contributed by atoms with Crippen LogP contribution < -0.4 is 4.72 Å². The number of nitrogens with one attached hydrogen (secondary N) is 1. The highest BCUT2D eigenvalue weighted by molar-refractivity contribution is 7.89. The first-order valence-electron chi connectivity index (χ1n) is 7.04. The van der Waals surface area contributed by atoms with Crippen LogP contribution in [0.15, 0.2) is 29.2 Å². The molecule has 11 heteroatoms. The Kier molecular flexibility index (Phi) is 5.28. The second-order valence-electron chi connectivity index (χ2n) is 5.58. The van der Waals surface area contributed by atoms with Crippen LogP contribution in [-0.4, -0.2) is 46.5 Å². The van der Waals surface area contributed by atoms with Crippen LogP contribution in [-0.2, 0) is 26.2 Å². The van der Waals surface area contributed by atoms with E-state index in [0.29, 0.717) is 6.07 Å². The fourth-order valence-electron chi connectivity index (χ4n) is 2.43. The van der Waals surface area contributed by atoms with Crippen LogP contribution in [0.5, 0.6) is 0 Å². The molecule has 1 fully saturated rings. The monoisotopic (exact) mass is 386 g/mol. The van der Waals surface area contributed by atoms with Crippen molar-refractivity contribution in [2.75, 3.05) is 19.3 Å². The minimum Gasteiger partial charge on any atom is -0.213 e. The highest BCUT2D eigenvalue weighted by atomic mass is 32.2. The molecule has 1 aromatic carbocycles. The third-order valence-electron chi connectivity index (χ3n) is 3.72. The van der Waals surface area contributed by atoms with Crippen LogP contribution in [0, 0.1) is 0 Å². The van der Waals surface area contributed by atoms with Crippen molar-refractivity contribution < 1.29 is 30.0 Å². The molecule has 1 saturated heterocycles. The van der Waals surface area contributed by atoms with Gasteiger partial charge in [-0.2, -0.15) is 13.2 Å². The summed E-state index contributed by atoms with van der Waals surface area (Å²) in [5.41, 5.74) is -1.04. The number of piperidine rings is 1. The Morgan fingerprint density at radius 1 is 1.12 bits per heavy atom. The van der Waals surface area contributed by atoms with Crippen LogP contribution in [0.3, 0.4) is 0 Å². The van der Waals surface area contributed by atoms with Crippen molar-refractivity contribution in [3.63, 3.8) is 0 Å². The predicted molar refractivity (Wildman–Crippen MR) is 81.2 cm³/mol. The van der Waals surface area contributed by atoms with E-state index >= 15 is 0 Å². The molecule has 0 aliphatic carbocycles. The van der Waals surface area contributed by atoms with Crippen molar-refractivity contribution >= 4 is 20.0 Å². The van der Waals surface area contributed by atoms with E-state index in [1.165, 1.54) is 4.31 Å². The van der Waals surface area contributed by atoms with Crippen LogP contribution in [0.2, 0.25) is 0 Å². The summed E-state index contributed by atoms with van der Waals surface area (Å²) in [5.74, 6) is 0. The molecule has 0 spiro atoms. The maximum Gasteiger partial charge on any atom is 0.416 e. The van der Waals surface area contributed by atoms with Crippen molar-refractivity contribution in [1.82, 2.24) is 9.03 Å². The summed E-state index contributed by atoms with van der Waals surface area (Å²) < 4.78 is 89.0. The normalized spacial score (nSPS) is 18.7. The zero-order chi connectivity index (χ0) is 18.2. The fraction of sp³-hybridized carbons (Fsp3) is 0.538. The third kappa shape index (κ3) is 4.68. The number of hydrogen-bond donors (Lipinski definition) is 1. The first-order chi connectivity index (χ1) is 10.9. The fourth-order valence-corrected chi connectivity index (χ4v) is 4.66. The van der Waals surface area contributed by atoms with E-state index in [9.17, 15) is 30.0 Å². The molecular weight excluding hydrogens is 369 g/mol. The number of rotatable bonds is 4. The molecule has 0 aromatic heterocycles. The average Bonchev–Trinajstić information content (AvgIpc) is 2.46. The molecule has 1 aromatic rings. The molecular formula is C13H17F3N2O4S2. The van der Waals surface area contributed by atoms with E-state index in [4.69, 9.17) is 0 Å². The topological polar surface area (TPSA) is 83.6 Å². The number of benzene rings is 1. The van der Waals surface area contributed by atoms with Gasteiger partial charge in [-0.1, -0.05) is 6.07 Å². The lowest BCUT2D eigenvalue weighted by Gasteiger charge is -2.30. The van der Waals surface area contributed by atoms with Gasteiger partial charge in [0.05, 0.1) is 16.7 Å². The zero-order valence-electron chi connectivity index (χ0n) is 12.7. The number of alkyl halides is 3. The molecule has 1 heterocycles. The van der Waals surface area contributed by atoms with Crippen molar-refractivity contribution in [2.45, 2.75) is 30.0 Å². The first kappa shape index (κ1) is 19.2. The van der Waals surface area contributed by atoms with Crippen molar-refractivity contribution in [2.24, 2.45) is 0 Å². The minimum absolute atomic E-state index is 0.161. The van der Waals surface area contributed by atoms with Crippen molar-refractivity contribution in [3.8, 4) is 0 Å². The lowest BCUT2D eigenvalue weighted by atomic mass is 10.1. The lowest BCUT2D eigenvalue weighted by molar-refractivity contribution is -0.137. The molecule has 1 aliphatic rings. The number of hydrogen-bond acceptors (Lipinski definition) is 4. The molecule has 0 bridgehead atoms. The largest absolute Gasteiger partial charge is 0.416 e. The van der Waals surface area contributed by atoms with E-state index in [1.54, 1.807) is 0 Å². The summed E-state index contributed by atoms with van der Waals surface area (Å²) in [4.78, 5) is -0.470. The smallest absolute Gasteiger partial charge is 0.213 e. The highest BCUT2D eigenvalue weighted by Gasteiger charge is 2.33. The van der Waals surface area contributed by atoms with Crippen molar-refractivity contribution in [3.05, 3.63) is 29.8 Å². The predicted octanol–water partition coefficient (Wildman–Crippen LogP) is 1.41. The van der Waals surface area contributed by atoms with Crippen LogP contribution in [0.1, 0.15) is 18.4 Å². The summed E-state index contributed by atoms with van der Waals surface area (Å²) in [6.45, 7) is 0.323. The summed E-state index contributed by atoms with van der Waals surface area (Å²) in [6, 6.07) is 2.97. The van der Waals surface area contributed by atoms with E-state index in [0.717, 1.165) is 24.5 Å². The van der Waals surface area contributed by atoms with Gasteiger partial charge >= 0.3 is 6.18 Å². The quantitative estimate of drug-likeness (QED) is 0.848. The molecule has 0 amide bonds. The molecule has 136 valence electrons. The first-order valence-corrected chi connectivity index (χ1v) is 10.4. The van der Waals surface area contributed by atoms with Gasteiger partial charge in [-0.15, -0.1) is 0 Å².